The maximum absolute atomic E-state index is 14.6. The number of hydrogen-bond donors (Lipinski definition) is 2. The number of likely N-dealkylation sites (tertiary alicyclic amines) is 1. The molecule has 3 aliphatic heterocycles. The number of aliphatic hydroxyl groups is 1. The molecule has 0 unspecified atom stereocenters. The van der Waals surface area contributed by atoms with Crippen molar-refractivity contribution < 1.29 is 33.8 Å². The zero-order chi connectivity index (χ0) is 33.7. The smallest absolute Gasteiger partial charge is 0.313 e. The van der Waals surface area contributed by atoms with Crippen LogP contribution in [0.5, 0.6) is 0 Å². The lowest BCUT2D eigenvalue weighted by atomic mass is 9.70. The Morgan fingerprint density at radius 2 is 1.89 bits per heavy atom. The van der Waals surface area contributed by atoms with Gasteiger partial charge < -0.3 is 29.7 Å². The fourth-order valence-corrected chi connectivity index (χ4v) is 7.43. The number of carbonyl (C=O) groups excluding carboxylic acids is 4. The maximum atomic E-state index is 14.6. The standard InChI is InChI=1S/C36H42ClN3O7/c1-4-7-13-29(42)38-21-28(23-11-9-8-10-12-23)46-35(45)30-27-18-19-36(47-27)31(30)33(43)40(25(6-3)22-41)32(36)34(44)39(20-5-2)26-16-14-24(37)15-17-26/h4-5,8-12,14-17,25,27-28,30-32,41H,1-2,6-7,13,18-22H2,3H3,(H,38,42)/t25-,27+,28-,30-,31-,32+,36-/m0/s1. The molecule has 0 radical (unpaired) electrons. The molecule has 3 aliphatic rings. The van der Waals surface area contributed by atoms with Crippen molar-refractivity contribution in [1.82, 2.24) is 10.2 Å². The molecule has 3 saturated heterocycles. The molecule has 1 spiro atoms. The summed E-state index contributed by atoms with van der Waals surface area (Å²) in [5.41, 5.74) is -0.0450. The van der Waals surface area contributed by atoms with Gasteiger partial charge in [0.15, 0.2) is 0 Å². The van der Waals surface area contributed by atoms with E-state index in [0.717, 1.165) is 0 Å². The molecule has 0 aliphatic carbocycles. The number of hydrogen-bond acceptors (Lipinski definition) is 7. The lowest BCUT2D eigenvalue weighted by molar-refractivity contribution is -0.161. The molecule has 2 aromatic carbocycles. The second-order valence-corrected chi connectivity index (χ2v) is 12.7. The summed E-state index contributed by atoms with van der Waals surface area (Å²) in [5, 5.41) is 13.7. The minimum atomic E-state index is -1.29. The topological polar surface area (TPSA) is 125 Å². The van der Waals surface area contributed by atoms with Gasteiger partial charge in [0.2, 0.25) is 11.8 Å². The number of esters is 1. The number of benzene rings is 2. The number of nitrogens with zero attached hydrogens (tertiary/aromatic N) is 2. The number of rotatable bonds is 15. The number of halogens is 1. The number of nitrogens with one attached hydrogen (secondary N) is 1. The Morgan fingerprint density at radius 3 is 2.53 bits per heavy atom. The first kappa shape index (κ1) is 34.3. The molecule has 3 amide bonds. The summed E-state index contributed by atoms with van der Waals surface area (Å²) in [6, 6.07) is 14.1. The molecule has 7 atom stereocenters. The van der Waals surface area contributed by atoms with Crippen molar-refractivity contribution in [2.45, 2.75) is 68.9 Å². The van der Waals surface area contributed by atoms with Gasteiger partial charge in [-0.25, -0.2) is 0 Å². The van der Waals surface area contributed by atoms with Crippen LogP contribution in [0.4, 0.5) is 5.69 Å². The average Bonchev–Trinajstić information content (AvgIpc) is 3.73. The van der Waals surface area contributed by atoms with E-state index in [-0.39, 0.29) is 32.0 Å². The van der Waals surface area contributed by atoms with E-state index in [4.69, 9.17) is 21.1 Å². The SMILES string of the molecule is C=CCCC(=O)NC[C@H](OC(=O)[C@@H]1[C@H]2C(=O)N([C@@H](CC)CO)[C@H](C(=O)N(CC=C)c3ccc(Cl)cc3)[C@]23CC[C@H]1O3)c1ccccc1. The number of allylic oxidation sites excluding steroid dienone is 1. The molecule has 47 heavy (non-hydrogen) atoms. The minimum Gasteiger partial charge on any atom is -0.455 e. The van der Waals surface area contributed by atoms with Gasteiger partial charge in [0.05, 0.1) is 37.1 Å². The fourth-order valence-electron chi connectivity index (χ4n) is 7.31. The van der Waals surface area contributed by atoms with Crippen LogP contribution in [-0.4, -0.2) is 77.2 Å². The van der Waals surface area contributed by atoms with Gasteiger partial charge in [0, 0.05) is 23.7 Å². The summed E-state index contributed by atoms with van der Waals surface area (Å²) < 4.78 is 12.7. The molecule has 10 nitrogen and oxygen atoms in total. The van der Waals surface area contributed by atoms with Gasteiger partial charge >= 0.3 is 5.97 Å². The summed E-state index contributed by atoms with van der Waals surface area (Å²) in [6.45, 7) is 9.15. The molecule has 250 valence electrons. The van der Waals surface area contributed by atoms with Crippen LogP contribution in [0.15, 0.2) is 79.9 Å². The van der Waals surface area contributed by atoms with Gasteiger partial charge in [-0.3, -0.25) is 19.2 Å². The first-order valence-corrected chi connectivity index (χ1v) is 16.5. The second-order valence-electron chi connectivity index (χ2n) is 12.2. The van der Waals surface area contributed by atoms with Gasteiger partial charge in [-0.2, -0.15) is 0 Å². The molecule has 3 fully saturated rings. The monoisotopic (exact) mass is 663 g/mol. The van der Waals surface area contributed by atoms with Crippen molar-refractivity contribution in [3.8, 4) is 0 Å². The fraction of sp³-hybridized carbons (Fsp3) is 0.444. The van der Waals surface area contributed by atoms with Crippen molar-refractivity contribution in [3.63, 3.8) is 0 Å². The van der Waals surface area contributed by atoms with Crippen molar-refractivity contribution in [2.24, 2.45) is 11.8 Å². The van der Waals surface area contributed by atoms with E-state index < -0.39 is 59.5 Å². The Kier molecular flexibility index (Phi) is 10.8. The van der Waals surface area contributed by atoms with E-state index in [9.17, 15) is 24.3 Å². The number of fused-ring (bicyclic) bond motifs is 1. The van der Waals surface area contributed by atoms with Crippen LogP contribution in [-0.2, 0) is 28.7 Å². The van der Waals surface area contributed by atoms with Crippen molar-refractivity contribution >= 4 is 41.0 Å². The van der Waals surface area contributed by atoms with Crippen molar-refractivity contribution in [1.29, 1.82) is 0 Å². The third kappa shape index (κ3) is 6.59. The molecule has 2 aromatic rings. The second kappa shape index (κ2) is 14.8. The summed E-state index contributed by atoms with van der Waals surface area (Å²) >= 11 is 6.13. The van der Waals surface area contributed by atoms with Gasteiger partial charge in [-0.15, -0.1) is 13.2 Å². The van der Waals surface area contributed by atoms with Gasteiger partial charge in [0.25, 0.3) is 5.91 Å². The molecule has 2 N–H and O–H groups in total. The lowest BCUT2D eigenvalue weighted by Gasteiger charge is -2.39. The van der Waals surface area contributed by atoms with E-state index in [1.165, 1.54) is 9.80 Å². The van der Waals surface area contributed by atoms with Crippen LogP contribution in [0.3, 0.4) is 0 Å². The number of aliphatic hydroxyl groups excluding tert-OH is 1. The molecular weight excluding hydrogens is 622 g/mol. The molecule has 2 bridgehead atoms. The van der Waals surface area contributed by atoms with Gasteiger partial charge in [-0.05, 0) is 55.5 Å². The maximum Gasteiger partial charge on any atom is 0.313 e. The van der Waals surface area contributed by atoms with E-state index in [2.05, 4.69) is 18.5 Å². The Balaban J connectivity index is 1.47. The number of carbonyl (C=O) groups is 4. The Morgan fingerprint density at radius 1 is 1.17 bits per heavy atom. The van der Waals surface area contributed by atoms with Crippen LogP contribution in [0.2, 0.25) is 5.02 Å². The quantitative estimate of drug-likeness (QED) is 0.214. The van der Waals surface area contributed by atoms with Crippen LogP contribution < -0.4 is 10.2 Å². The normalized spacial score (nSPS) is 25.5. The van der Waals surface area contributed by atoms with E-state index in [0.29, 0.717) is 42.0 Å². The minimum absolute atomic E-state index is 0.0427. The highest BCUT2D eigenvalue weighted by molar-refractivity contribution is 6.30. The largest absolute Gasteiger partial charge is 0.455 e. The highest BCUT2D eigenvalue weighted by atomic mass is 35.5. The predicted octanol–water partition coefficient (Wildman–Crippen LogP) is 4.37. The highest BCUT2D eigenvalue weighted by Crippen LogP contribution is 2.59. The van der Waals surface area contributed by atoms with Crippen LogP contribution in [0.25, 0.3) is 0 Å². The average molecular weight is 664 g/mol. The van der Waals surface area contributed by atoms with Crippen molar-refractivity contribution in [3.05, 3.63) is 90.5 Å². The third-order valence-electron chi connectivity index (χ3n) is 9.53. The van der Waals surface area contributed by atoms with Gasteiger partial charge in [-0.1, -0.05) is 61.0 Å². The Labute approximate surface area is 280 Å². The summed E-state index contributed by atoms with van der Waals surface area (Å²) in [6.07, 6.45) is 3.80. The molecule has 5 rings (SSSR count). The van der Waals surface area contributed by atoms with E-state index in [1.54, 1.807) is 36.4 Å². The summed E-state index contributed by atoms with van der Waals surface area (Å²) in [7, 11) is 0. The molecule has 0 saturated carbocycles. The van der Waals surface area contributed by atoms with Gasteiger partial charge in [0.1, 0.15) is 17.7 Å². The zero-order valence-electron chi connectivity index (χ0n) is 26.6. The van der Waals surface area contributed by atoms with E-state index >= 15 is 0 Å². The zero-order valence-corrected chi connectivity index (χ0v) is 27.3. The summed E-state index contributed by atoms with van der Waals surface area (Å²) in [5.74, 6) is -3.61. The molecule has 0 aromatic heterocycles. The Hall–Kier alpha value is -3.99. The third-order valence-corrected chi connectivity index (χ3v) is 9.78. The lowest BCUT2D eigenvalue weighted by Crippen LogP contribution is -2.59. The van der Waals surface area contributed by atoms with Crippen LogP contribution in [0.1, 0.15) is 50.7 Å². The molecule has 3 heterocycles. The van der Waals surface area contributed by atoms with E-state index in [1.807, 2.05) is 37.3 Å². The van der Waals surface area contributed by atoms with Crippen molar-refractivity contribution in [2.75, 3.05) is 24.6 Å². The number of anilines is 1. The predicted molar refractivity (Wildman–Crippen MR) is 177 cm³/mol. The molecular formula is C36H42ClN3O7. The highest BCUT2D eigenvalue weighted by Gasteiger charge is 2.75. The van der Waals surface area contributed by atoms with Crippen LogP contribution >= 0.6 is 11.6 Å². The first-order valence-electron chi connectivity index (χ1n) is 16.1. The Bertz CT molecular complexity index is 1480. The van der Waals surface area contributed by atoms with Crippen LogP contribution in [0, 0.1) is 11.8 Å². The molecule has 11 heteroatoms. The number of amides is 3. The number of ether oxygens (including phenoxy) is 2. The first-order chi connectivity index (χ1) is 22.7. The summed E-state index contributed by atoms with van der Waals surface area (Å²) in [4.78, 5) is 58.6.